The molecule has 0 spiro atoms. The van der Waals surface area contributed by atoms with E-state index in [4.69, 9.17) is 18.6 Å². The van der Waals surface area contributed by atoms with Gasteiger partial charge in [0, 0.05) is 20.1 Å². The lowest BCUT2D eigenvalue weighted by molar-refractivity contribution is 0.258. The Morgan fingerprint density at radius 3 is 2.21 bits per heavy atom. The predicted octanol–water partition coefficient (Wildman–Crippen LogP) is 2.89. The predicted molar refractivity (Wildman–Crippen MR) is 125 cm³/mol. The van der Waals surface area contributed by atoms with Gasteiger partial charge in [-0.25, -0.2) is 0 Å². The number of halogens is 1. The highest BCUT2D eigenvalue weighted by Gasteiger charge is 2.17. The Balaban J connectivity index is 0.00000420. The van der Waals surface area contributed by atoms with Crippen molar-refractivity contribution >= 4 is 29.9 Å². The average Bonchev–Trinajstić information content (AvgIpc) is 3.23. The molecule has 1 atom stereocenters. The molecular formula is C20H31IN4O4. The second-order valence-corrected chi connectivity index (χ2v) is 6.34. The summed E-state index contributed by atoms with van der Waals surface area (Å²) in [4.78, 5) is 6.39. The van der Waals surface area contributed by atoms with Gasteiger partial charge in [-0.1, -0.05) is 0 Å². The monoisotopic (exact) mass is 518 g/mol. The third-order valence-electron chi connectivity index (χ3n) is 4.37. The Bertz CT molecular complexity index is 741. The van der Waals surface area contributed by atoms with E-state index in [0.717, 1.165) is 11.3 Å². The number of guanidine groups is 1. The van der Waals surface area contributed by atoms with Crippen molar-refractivity contribution < 1.29 is 18.6 Å². The number of benzene rings is 1. The van der Waals surface area contributed by atoms with Crippen LogP contribution >= 0.6 is 24.0 Å². The summed E-state index contributed by atoms with van der Waals surface area (Å²) in [5, 5.41) is 6.64. The van der Waals surface area contributed by atoms with Crippen LogP contribution in [0, 0.1) is 0 Å². The van der Waals surface area contributed by atoms with E-state index in [-0.39, 0.29) is 30.0 Å². The molecule has 1 aromatic heterocycles. The first kappa shape index (κ1) is 24.9. The molecule has 0 aliphatic carbocycles. The molecule has 0 radical (unpaired) electrons. The summed E-state index contributed by atoms with van der Waals surface area (Å²) in [6.07, 6.45) is 1.68. The van der Waals surface area contributed by atoms with E-state index in [1.807, 2.05) is 38.4 Å². The van der Waals surface area contributed by atoms with Crippen molar-refractivity contribution in [1.82, 2.24) is 15.5 Å². The molecule has 0 aliphatic rings. The van der Waals surface area contributed by atoms with Crippen molar-refractivity contribution in [1.29, 1.82) is 0 Å². The lowest BCUT2D eigenvalue weighted by Crippen LogP contribution is -2.41. The van der Waals surface area contributed by atoms with Gasteiger partial charge in [0.15, 0.2) is 17.5 Å². The fourth-order valence-electron chi connectivity index (χ4n) is 2.86. The SMILES string of the molecule is CN=C(NCc1cc(OC)c(OC)c(OC)c1)NCC(c1ccco1)N(C)C.I. The number of aliphatic imine (C=N–C) groups is 1. The Labute approximate surface area is 189 Å². The van der Waals surface area contributed by atoms with Crippen molar-refractivity contribution in [2.75, 3.05) is 49.0 Å². The molecule has 9 heteroatoms. The zero-order valence-electron chi connectivity index (χ0n) is 17.8. The molecule has 0 aliphatic heterocycles. The van der Waals surface area contributed by atoms with E-state index in [1.54, 1.807) is 34.6 Å². The molecule has 2 N–H and O–H groups in total. The van der Waals surface area contributed by atoms with Gasteiger partial charge in [-0.05, 0) is 43.9 Å². The first-order valence-electron chi connectivity index (χ1n) is 8.97. The second-order valence-electron chi connectivity index (χ2n) is 6.34. The molecule has 0 amide bonds. The highest BCUT2D eigenvalue weighted by molar-refractivity contribution is 14.0. The second kappa shape index (κ2) is 12.4. The number of furan rings is 1. The highest BCUT2D eigenvalue weighted by atomic mass is 127. The minimum atomic E-state index is 0. The zero-order valence-corrected chi connectivity index (χ0v) is 20.1. The average molecular weight is 518 g/mol. The third kappa shape index (κ3) is 6.70. The Morgan fingerprint density at radius 1 is 1.10 bits per heavy atom. The fraction of sp³-hybridized carbons (Fsp3) is 0.450. The standard InChI is InChI=1S/C20H30N4O4.HI/c1-21-20(23-13-15(24(2)3)16-8-7-9-28-16)22-12-14-10-17(25-4)19(27-6)18(11-14)26-5;/h7-11,15H,12-13H2,1-6H3,(H2,21,22,23);1H. The Kier molecular flexibility index (Phi) is 10.7. The van der Waals surface area contributed by atoms with Crippen LogP contribution in [0.15, 0.2) is 39.9 Å². The largest absolute Gasteiger partial charge is 0.493 e. The lowest BCUT2D eigenvalue weighted by atomic mass is 10.1. The van der Waals surface area contributed by atoms with Crippen molar-refractivity contribution in [3.63, 3.8) is 0 Å². The number of hydrogen-bond donors (Lipinski definition) is 2. The quantitative estimate of drug-likeness (QED) is 0.300. The van der Waals surface area contributed by atoms with Crippen LogP contribution in [0.1, 0.15) is 17.4 Å². The van der Waals surface area contributed by atoms with Gasteiger partial charge >= 0.3 is 0 Å². The van der Waals surface area contributed by atoms with Crippen LogP contribution in [0.25, 0.3) is 0 Å². The maximum absolute atomic E-state index is 5.54. The van der Waals surface area contributed by atoms with Crippen molar-refractivity contribution in [3.05, 3.63) is 41.9 Å². The van der Waals surface area contributed by atoms with Crippen LogP contribution in [0.3, 0.4) is 0 Å². The summed E-state index contributed by atoms with van der Waals surface area (Å²) in [5.74, 6) is 3.40. The van der Waals surface area contributed by atoms with Crippen molar-refractivity contribution in [3.8, 4) is 17.2 Å². The van der Waals surface area contributed by atoms with Gasteiger partial charge in [-0.15, -0.1) is 24.0 Å². The molecule has 8 nitrogen and oxygen atoms in total. The van der Waals surface area contributed by atoms with Crippen molar-refractivity contribution in [2.24, 2.45) is 4.99 Å². The van der Waals surface area contributed by atoms with Crippen LogP contribution in [-0.4, -0.2) is 59.9 Å². The smallest absolute Gasteiger partial charge is 0.203 e. The number of hydrogen-bond acceptors (Lipinski definition) is 6. The van der Waals surface area contributed by atoms with Crippen LogP contribution in [0.4, 0.5) is 0 Å². The third-order valence-corrected chi connectivity index (χ3v) is 4.37. The van der Waals surface area contributed by atoms with E-state index >= 15 is 0 Å². The normalized spacial score (nSPS) is 12.2. The molecule has 29 heavy (non-hydrogen) atoms. The zero-order chi connectivity index (χ0) is 20.5. The van der Waals surface area contributed by atoms with E-state index < -0.39 is 0 Å². The van der Waals surface area contributed by atoms with Gasteiger partial charge in [0.25, 0.3) is 0 Å². The van der Waals surface area contributed by atoms with Crippen molar-refractivity contribution in [2.45, 2.75) is 12.6 Å². The maximum Gasteiger partial charge on any atom is 0.203 e. The van der Waals surface area contributed by atoms with Crippen LogP contribution in [0.5, 0.6) is 17.2 Å². The molecule has 1 aromatic carbocycles. The molecule has 2 rings (SSSR count). The number of nitrogens with zero attached hydrogens (tertiary/aromatic N) is 2. The van der Waals surface area contributed by atoms with E-state index in [1.165, 1.54) is 0 Å². The fourth-order valence-corrected chi connectivity index (χ4v) is 2.86. The highest BCUT2D eigenvalue weighted by Crippen LogP contribution is 2.38. The molecule has 1 heterocycles. The summed E-state index contributed by atoms with van der Waals surface area (Å²) < 4.78 is 21.7. The molecule has 0 bridgehead atoms. The topological polar surface area (TPSA) is 80.5 Å². The number of ether oxygens (including phenoxy) is 3. The number of methoxy groups -OCH3 is 3. The minimum Gasteiger partial charge on any atom is -0.493 e. The van der Waals surface area contributed by atoms with E-state index in [0.29, 0.717) is 36.3 Å². The maximum atomic E-state index is 5.54. The Morgan fingerprint density at radius 2 is 1.76 bits per heavy atom. The van der Waals surface area contributed by atoms with Crippen LogP contribution in [-0.2, 0) is 6.54 Å². The molecule has 162 valence electrons. The summed E-state index contributed by atoms with van der Waals surface area (Å²) in [5.41, 5.74) is 0.979. The van der Waals surface area contributed by atoms with E-state index in [2.05, 4.69) is 20.5 Å². The summed E-state index contributed by atoms with van der Waals surface area (Å²) in [7, 11) is 10.6. The molecule has 0 saturated carbocycles. The molecule has 2 aromatic rings. The van der Waals surface area contributed by atoms with Crippen LogP contribution < -0.4 is 24.8 Å². The molecule has 1 unspecified atom stereocenters. The molecule has 0 saturated heterocycles. The number of rotatable bonds is 9. The summed E-state index contributed by atoms with van der Waals surface area (Å²) in [6, 6.07) is 7.77. The van der Waals surface area contributed by atoms with Gasteiger partial charge < -0.3 is 29.3 Å². The van der Waals surface area contributed by atoms with Gasteiger partial charge in [0.05, 0.1) is 33.6 Å². The molecule has 0 fully saturated rings. The van der Waals surface area contributed by atoms with Gasteiger partial charge in [0.1, 0.15) is 5.76 Å². The van der Waals surface area contributed by atoms with E-state index in [9.17, 15) is 0 Å². The minimum absolute atomic E-state index is 0. The number of likely N-dealkylation sites (N-methyl/N-ethyl adjacent to an activating group) is 1. The molecular weight excluding hydrogens is 487 g/mol. The van der Waals surface area contributed by atoms with Crippen LogP contribution in [0.2, 0.25) is 0 Å². The number of nitrogens with one attached hydrogen (secondary N) is 2. The van der Waals surface area contributed by atoms with Gasteiger partial charge in [0.2, 0.25) is 5.75 Å². The lowest BCUT2D eigenvalue weighted by Gasteiger charge is -2.23. The van der Waals surface area contributed by atoms with Gasteiger partial charge in [-0.3, -0.25) is 9.89 Å². The van der Waals surface area contributed by atoms with Gasteiger partial charge in [-0.2, -0.15) is 0 Å². The Hall–Kier alpha value is -2.14. The summed E-state index contributed by atoms with van der Waals surface area (Å²) >= 11 is 0. The first-order chi connectivity index (χ1) is 13.5. The first-order valence-corrected chi connectivity index (χ1v) is 8.97. The summed E-state index contributed by atoms with van der Waals surface area (Å²) in [6.45, 7) is 1.19.